The molecule has 1 aromatic heterocycles. The Morgan fingerprint density at radius 3 is 2.81 bits per heavy atom. The Morgan fingerprint density at radius 2 is 2.10 bits per heavy atom. The standard InChI is InChI=1S/C13H26N4O2S2/c1-3-14-7-6-9-17-12-13(11-15-17)21(18,19)16-8-4-5-10-20-2/h11-12,14,16H,3-10H2,1-2H3. The molecule has 21 heavy (non-hydrogen) atoms. The second-order valence-corrected chi connectivity index (χ2v) is 7.50. The lowest BCUT2D eigenvalue weighted by molar-refractivity contribution is 0.548. The lowest BCUT2D eigenvalue weighted by atomic mass is 10.3. The minimum absolute atomic E-state index is 0.246. The van der Waals surface area contributed by atoms with Crippen LogP contribution in [-0.4, -0.2) is 49.8 Å². The molecule has 0 aromatic carbocycles. The molecule has 2 N–H and O–H groups in total. The third kappa shape index (κ3) is 7.30. The van der Waals surface area contributed by atoms with E-state index in [0.29, 0.717) is 6.54 Å². The number of hydrogen-bond acceptors (Lipinski definition) is 5. The predicted octanol–water partition coefficient (Wildman–Crippen LogP) is 1.30. The van der Waals surface area contributed by atoms with Crippen molar-refractivity contribution in [2.45, 2.75) is 37.6 Å². The van der Waals surface area contributed by atoms with E-state index >= 15 is 0 Å². The largest absolute Gasteiger partial charge is 0.317 e. The van der Waals surface area contributed by atoms with Crippen LogP contribution in [0, 0.1) is 0 Å². The highest BCUT2D eigenvalue weighted by molar-refractivity contribution is 7.98. The van der Waals surface area contributed by atoms with Crippen molar-refractivity contribution in [3.63, 3.8) is 0 Å². The van der Waals surface area contributed by atoms with E-state index in [2.05, 4.69) is 28.3 Å². The maximum atomic E-state index is 12.1. The normalized spacial score (nSPS) is 11.9. The van der Waals surface area contributed by atoms with Crippen LogP contribution in [0.25, 0.3) is 0 Å². The summed E-state index contributed by atoms with van der Waals surface area (Å²) in [6, 6.07) is 0. The van der Waals surface area contributed by atoms with E-state index in [1.165, 1.54) is 6.20 Å². The van der Waals surface area contributed by atoms with E-state index < -0.39 is 10.0 Å². The number of rotatable bonds is 12. The van der Waals surface area contributed by atoms with Crippen LogP contribution in [0.5, 0.6) is 0 Å². The zero-order valence-corrected chi connectivity index (χ0v) is 14.5. The van der Waals surface area contributed by atoms with Crippen molar-refractivity contribution < 1.29 is 8.42 Å². The average Bonchev–Trinajstić information content (AvgIpc) is 2.93. The van der Waals surface area contributed by atoms with Crippen LogP contribution in [0.4, 0.5) is 0 Å². The van der Waals surface area contributed by atoms with E-state index in [4.69, 9.17) is 0 Å². The number of aryl methyl sites for hydroxylation is 1. The van der Waals surface area contributed by atoms with Crippen LogP contribution in [0.3, 0.4) is 0 Å². The Morgan fingerprint density at radius 1 is 1.29 bits per heavy atom. The maximum absolute atomic E-state index is 12.1. The van der Waals surface area contributed by atoms with Gasteiger partial charge >= 0.3 is 0 Å². The van der Waals surface area contributed by atoms with Gasteiger partial charge in [0.1, 0.15) is 4.90 Å². The molecular formula is C13H26N4O2S2. The van der Waals surface area contributed by atoms with Crippen molar-refractivity contribution in [2.75, 3.05) is 31.6 Å². The molecule has 8 heteroatoms. The quantitative estimate of drug-likeness (QED) is 0.564. The molecule has 0 aliphatic heterocycles. The Kier molecular flexibility index (Phi) is 8.98. The summed E-state index contributed by atoms with van der Waals surface area (Å²) in [6.45, 7) is 5.11. The van der Waals surface area contributed by atoms with Crippen molar-refractivity contribution in [2.24, 2.45) is 0 Å². The zero-order chi connectivity index (χ0) is 15.6. The van der Waals surface area contributed by atoms with Gasteiger partial charge in [-0.05, 0) is 44.4 Å². The summed E-state index contributed by atoms with van der Waals surface area (Å²) in [7, 11) is -3.42. The first-order valence-corrected chi connectivity index (χ1v) is 10.2. The van der Waals surface area contributed by atoms with Crippen LogP contribution < -0.4 is 10.0 Å². The predicted molar refractivity (Wildman–Crippen MR) is 88.2 cm³/mol. The van der Waals surface area contributed by atoms with Gasteiger partial charge in [-0.15, -0.1) is 0 Å². The molecule has 0 saturated carbocycles. The van der Waals surface area contributed by atoms with Gasteiger partial charge in [0.05, 0.1) is 6.20 Å². The number of sulfonamides is 1. The lowest BCUT2D eigenvalue weighted by Crippen LogP contribution is -2.24. The maximum Gasteiger partial charge on any atom is 0.243 e. The van der Waals surface area contributed by atoms with Crippen molar-refractivity contribution in [3.8, 4) is 0 Å². The van der Waals surface area contributed by atoms with Crippen LogP contribution in [0.15, 0.2) is 17.3 Å². The van der Waals surface area contributed by atoms with E-state index in [1.807, 2.05) is 0 Å². The van der Waals surface area contributed by atoms with Gasteiger partial charge in [-0.1, -0.05) is 6.92 Å². The summed E-state index contributed by atoms with van der Waals surface area (Å²) in [5, 5.41) is 7.33. The van der Waals surface area contributed by atoms with Gasteiger partial charge in [-0.25, -0.2) is 13.1 Å². The topological polar surface area (TPSA) is 76.0 Å². The minimum Gasteiger partial charge on any atom is -0.317 e. The Bertz CT molecular complexity index is 488. The second kappa shape index (κ2) is 10.2. The molecule has 0 unspecified atom stereocenters. The van der Waals surface area contributed by atoms with Crippen LogP contribution in [0.1, 0.15) is 26.2 Å². The number of nitrogens with one attached hydrogen (secondary N) is 2. The van der Waals surface area contributed by atoms with Crippen molar-refractivity contribution in [1.82, 2.24) is 19.8 Å². The number of aromatic nitrogens is 2. The third-order valence-electron chi connectivity index (χ3n) is 2.98. The Hall–Kier alpha value is -0.570. The molecule has 0 spiro atoms. The summed E-state index contributed by atoms with van der Waals surface area (Å²) in [6.07, 6.45) is 7.86. The first kappa shape index (κ1) is 18.5. The molecule has 0 amide bonds. The van der Waals surface area contributed by atoms with E-state index in [1.54, 1.807) is 22.6 Å². The fourth-order valence-electron chi connectivity index (χ4n) is 1.81. The molecule has 0 aliphatic rings. The molecule has 0 radical (unpaired) electrons. The molecular weight excluding hydrogens is 308 g/mol. The zero-order valence-electron chi connectivity index (χ0n) is 12.8. The lowest BCUT2D eigenvalue weighted by Gasteiger charge is -2.04. The van der Waals surface area contributed by atoms with Crippen molar-refractivity contribution in [3.05, 3.63) is 12.4 Å². The minimum atomic E-state index is -3.42. The molecule has 0 atom stereocenters. The van der Waals surface area contributed by atoms with Gasteiger partial charge < -0.3 is 5.32 Å². The molecule has 0 saturated heterocycles. The van der Waals surface area contributed by atoms with Crippen molar-refractivity contribution in [1.29, 1.82) is 0 Å². The third-order valence-corrected chi connectivity index (χ3v) is 5.09. The van der Waals surface area contributed by atoms with Gasteiger partial charge in [0, 0.05) is 19.3 Å². The monoisotopic (exact) mass is 334 g/mol. The highest BCUT2D eigenvalue weighted by Crippen LogP contribution is 2.07. The molecule has 1 aromatic rings. The average molecular weight is 335 g/mol. The first-order chi connectivity index (χ1) is 10.1. The molecule has 0 aliphatic carbocycles. The van der Waals surface area contributed by atoms with Crippen LogP contribution in [0.2, 0.25) is 0 Å². The van der Waals surface area contributed by atoms with Gasteiger partial charge in [-0.3, -0.25) is 4.68 Å². The smallest absolute Gasteiger partial charge is 0.243 e. The molecule has 1 heterocycles. The molecule has 6 nitrogen and oxygen atoms in total. The van der Waals surface area contributed by atoms with Gasteiger partial charge in [-0.2, -0.15) is 16.9 Å². The van der Waals surface area contributed by atoms with E-state index in [9.17, 15) is 8.42 Å². The fraction of sp³-hybridized carbons (Fsp3) is 0.769. The Balaban J connectivity index is 2.39. The number of nitrogens with zero attached hydrogens (tertiary/aromatic N) is 2. The summed E-state index contributed by atoms with van der Waals surface area (Å²) >= 11 is 1.77. The highest BCUT2D eigenvalue weighted by atomic mass is 32.2. The first-order valence-electron chi connectivity index (χ1n) is 7.32. The summed E-state index contributed by atoms with van der Waals surface area (Å²) in [5.41, 5.74) is 0. The number of thioether (sulfide) groups is 1. The Labute approximate surface area is 132 Å². The van der Waals surface area contributed by atoms with Crippen LogP contribution >= 0.6 is 11.8 Å². The fourth-order valence-corrected chi connectivity index (χ4v) is 3.33. The highest BCUT2D eigenvalue weighted by Gasteiger charge is 2.15. The summed E-state index contributed by atoms with van der Waals surface area (Å²) in [5.74, 6) is 1.06. The summed E-state index contributed by atoms with van der Waals surface area (Å²) in [4.78, 5) is 0.246. The molecule has 1 rings (SSSR count). The summed E-state index contributed by atoms with van der Waals surface area (Å²) < 4.78 is 28.4. The van der Waals surface area contributed by atoms with Gasteiger partial charge in [0.15, 0.2) is 0 Å². The van der Waals surface area contributed by atoms with E-state index in [0.717, 1.165) is 44.6 Å². The second-order valence-electron chi connectivity index (χ2n) is 4.74. The molecule has 0 fully saturated rings. The SMILES string of the molecule is CCNCCCn1cc(S(=O)(=O)NCCCCSC)cn1. The number of hydrogen-bond donors (Lipinski definition) is 2. The number of unbranched alkanes of at least 4 members (excludes halogenated alkanes) is 1. The van der Waals surface area contributed by atoms with Crippen molar-refractivity contribution >= 4 is 21.8 Å². The molecule has 0 bridgehead atoms. The van der Waals surface area contributed by atoms with Gasteiger partial charge in [0.25, 0.3) is 0 Å². The molecule has 122 valence electrons. The van der Waals surface area contributed by atoms with Gasteiger partial charge in [0.2, 0.25) is 10.0 Å². The van der Waals surface area contributed by atoms with E-state index in [-0.39, 0.29) is 4.90 Å². The van der Waals surface area contributed by atoms with Crippen LogP contribution in [-0.2, 0) is 16.6 Å².